The molecule has 2 fully saturated rings. The Kier molecular flexibility index (Phi) is 7.85. The Morgan fingerprint density at radius 2 is 2.00 bits per heavy atom. The fourth-order valence-corrected chi connectivity index (χ4v) is 3.30. The van der Waals surface area contributed by atoms with Gasteiger partial charge in [-0.2, -0.15) is 0 Å². The van der Waals surface area contributed by atoms with Crippen LogP contribution in [-0.4, -0.2) is 49.6 Å². The van der Waals surface area contributed by atoms with Gasteiger partial charge in [0.05, 0.1) is 6.54 Å². The van der Waals surface area contributed by atoms with Gasteiger partial charge in [0.2, 0.25) is 5.91 Å². The molecule has 0 spiro atoms. The van der Waals surface area contributed by atoms with Crippen LogP contribution in [0.1, 0.15) is 39.5 Å². The lowest BCUT2D eigenvalue weighted by Crippen LogP contribution is -2.47. The molecule has 2 rings (SSSR count). The smallest absolute Gasteiger partial charge is 0.234 e. The van der Waals surface area contributed by atoms with Gasteiger partial charge in [-0.1, -0.05) is 26.7 Å². The van der Waals surface area contributed by atoms with E-state index in [0.717, 1.165) is 44.9 Å². The van der Waals surface area contributed by atoms with E-state index in [2.05, 4.69) is 29.4 Å². The molecule has 1 aliphatic carbocycles. The van der Waals surface area contributed by atoms with Crippen LogP contribution in [-0.2, 0) is 4.79 Å². The van der Waals surface area contributed by atoms with E-state index in [0.29, 0.717) is 18.5 Å². The topological polar surface area (TPSA) is 44.4 Å². The van der Waals surface area contributed by atoms with E-state index in [1.807, 2.05) is 0 Å². The Balaban J connectivity index is 0.00000200. The van der Waals surface area contributed by atoms with E-state index >= 15 is 0 Å². The molecule has 3 atom stereocenters. The highest BCUT2D eigenvalue weighted by Crippen LogP contribution is 2.29. The number of nitrogens with zero attached hydrogens (tertiary/aromatic N) is 1. The molecule has 1 aliphatic heterocycles. The summed E-state index contributed by atoms with van der Waals surface area (Å²) in [7, 11) is 0. The lowest BCUT2D eigenvalue weighted by Gasteiger charge is -2.35. The molecule has 0 aromatic rings. The molecule has 1 amide bonds. The van der Waals surface area contributed by atoms with Gasteiger partial charge >= 0.3 is 0 Å². The molecule has 1 heterocycles. The van der Waals surface area contributed by atoms with E-state index in [1.54, 1.807) is 0 Å². The number of hydrogen-bond donors (Lipinski definition) is 2. The molecule has 1 saturated carbocycles. The maximum atomic E-state index is 12.2. The SMILES string of the molecule is CC1CCCC(NC(=O)CN2CCCNCC2)C1C.Cl. The summed E-state index contributed by atoms with van der Waals surface area (Å²) in [5, 5.41) is 6.64. The van der Waals surface area contributed by atoms with Crippen molar-refractivity contribution in [1.29, 1.82) is 0 Å². The van der Waals surface area contributed by atoms with Gasteiger partial charge in [0.15, 0.2) is 0 Å². The molecular weight excluding hydrogens is 274 g/mol. The molecule has 0 radical (unpaired) electrons. The first kappa shape index (κ1) is 17.7. The van der Waals surface area contributed by atoms with Crippen LogP contribution < -0.4 is 10.6 Å². The van der Waals surface area contributed by atoms with Gasteiger partial charge in [0.25, 0.3) is 0 Å². The summed E-state index contributed by atoms with van der Waals surface area (Å²) in [4.78, 5) is 14.4. The van der Waals surface area contributed by atoms with Crippen molar-refractivity contribution in [3.63, 3.8) is 0 Å². The summed E-state index contributed by atoms with van der Waals surface area (Å²) in [6.45, 7) is 9.27. The Morgan fingerprint density at radius 3 is 2.80 bits per heavy atom. The zero-order chi connectivity index (χ0) is 13.7. The number of halogens is 1. The minimum Gasteiger partial charge on any atom is -0.352 e. The quantitative estimate of drug-likeness (QED) is 0.833. The molecule has 4 nitrogen and oxygen atoms in total. The van der Waals surface area contributed by atoms with Crippen LogP contribution in [0.2, 0.25) is 0 Å². The summed E-state index contributed by atoms with van der Waals surface area (Å²) in [6, 6.07) is 0.390. The van der Waals surface area contributed by atoms with Crippen LogP contribution in [0.3, 0.4) is 0 Å². The van der Waals surface area contributed by atoms with Gasteiger partial charge in [-0.05, 0) is 37.8 Å². The Bertz CT molecular complexity index is 293. The second-order valence-corrected chi connectivity index (χ2v) is 6.32. The summed E-state index contributed by atoms with van der Waals surface area (Å²) < 4.78 is 0. The van der Waals surface area contributed by atoms with Crippen molar-refractivity contribution in [1.82, 2.24) is 15.5 Å². The normalized spacial score (nSPS) is 32.0. The van der Waals surface area contributed by atoms with Crippen LogP contribution in [0.15, 0.2) is 0 Å². The Morgan fingerprint density at radius 1 is 1.20 bits per heavy atom. The highest BCUT2D eigenvalue weighted by molar-refractivity contribution is 5.85. The van der Waals surface area contributed by atoms with Gasteiger partial charge in [0, 0.05) is 19.1 Å². The predicted molar refractivity (Wildman–Crippen MR) is 85.3 cm³/mol. The average Bonchev–Trinajstić information content (AvgIpc) is 2.63. The van der Waals surface area contributed by atoms with E-state index in [9.17, 15) is 4.79 Å². The van der Waals surface area contributed by atoms with Crippen molar-refractivity contribution in [2.24, 2.45) is 11.8 Å². The van der Waals surface area contributed by atoms with E-state index < -0.39 is 0 Å². The molecular formula is C15H30ClN3O. The molecule has 1 saturated heterocycles. The van der Waals surface area contributed by atoms with Crippen molar-refractivity contribution in [3.8, 4) is 0 Å². The first-order valence-electron chi connectivity index (χ1n) is 7.89. The third-order valence-electron chi connectivity index (χ3n) is 4.85. The first-order chi connectivity index (χ1) is 9.16. The monoisotopic (exact) mass is 303 g/mol. The van der Waals surface area contributed by atoms with Crippen molar-refractivity contribution in [2.45, 2.75) is 45.6 Å². The minimum absolute atomic E-state index is 0. The number of nitrogens with one attached hydrogen (secondary N) is 2. The first-order valence-corrected chi connectivity index (χ1v) is 7.89. The molecule has 3 unspecified atom stereocenters. The fourth-order valence-electron chi connectivity index (χ4n) is 3.30. The molecule has 2 aliphatic rings. The van der Waals surface area contributed by atoms with Crippen LogP contribution >= 0.6 is 12.4 Å². The molecule has 0 aromatic heterocycles. The number of rotatable bonds is 3. The second-order valence-electron chi connectivity index (χ2n) is 6.32. The van der Waals surface area contributed by atoms with Crippen molar-refractivity contribution in [2.75, 3.05) is 32.7 Å². The van der Waals surface area contributed by atoms with E-state index in [1.165, 1.54) is 12.8 Å². The van der Waals surface area contributed by atoms with Gasteiger partial charge in [-0.3, -0.25) is 9.69 Å². The lowest BCUT2D eigenvalue weighted by molar-refractivity contribution is -0.123. The van der Waals surface area contributed by atoms with Gasteiger partial charge in [-0.15, -0.1) is 12.4 Å². The molecule has 5 heteroatoms. The maximum Gasteiger partial charge on any atom is 0.234 e. The van der Waals surface area contributed by atoms with E-state index in [-0.39, 0.29) is 18.3 Å². The molecule has 118 valence electrons. The Hall–Kier alpha value is -0.320. The molecule has 0 bridgehead atoms. The number of carbonyl (C=O) groups is 1. The zero-order valence-corrected chi connectivity index (χ0v) is 13.7. The van der Waals surface area contributed by atoms with Gasteiger partial charge in [-0.25, -0.2) is 0 Å². The molecule has 20 heavy (non-hydrogen) atoms. The largest absolute Gasteiger partial charge is 0.352 e. The lowest BCUT2D eigenvalue weighted by atomic mass is 9.78. The molecule has 0 aromatic carbocycles. The Labute approximate surface area is 129 Å². The standard InChI is InChI=1S/C15H29N3O.ClH/c1-12-5-3-6-14(13(12)2)17-15(19)11-18-9-4-7-16-8-10-18;/h12-14,16H,3-11H2,1-2H3,(H,17,19);1H. The average molecular weight is 304 g/mol. The molecule has 2 N–H and O–H groups in total. The second kappa shape index (κ2) is 8.85. The number of carbonyl (C=O) groups excluding carboxylic acids is 1. The summed E-state index contributed by atoms with van der Waals surface area (Å²) in [5.74, 6) is 1.57. The van der Waals surface area contributed by atoms with Crippen molar-refractivity contribution in [3.05, 3.63) is 0 Å². The van der Waals surface area contributed by atoms with Crippen LogP contribution in [0, 0.1) is 11.8 Å². The minimum atomic E-state index is 0. The van der Waals surface area contributed by atoms with Crippen LogP contribution in [0.25, 0.3) is 0 Å². The third-order valence-corrected chi connectivity index (χ3v) is 4.85. The summed E-state index contributed by atoms with van der Waals surface area (Å²) in [5.41, 5.74) is 0. The van der Waals surface area contributed by atoms with Gasteiger partial charge in [0.1, 0.15) is 0 Å². The van der Waals surface area contributed by atoms with Gasteiger partial charge < -0.3 is 10.6 Å². The van der Waals surface area contributed by atoms with Crippen LogP contribution in [0.4, 0.5) is 0 Å². The maximum absolute atomic E-state index is 12.2. The summed E-state index contributed by atoms with van der Waals surface area (Å²) >= 11 is 0. The van der Waals surface area contributed by atoms with Crippen LogP contribution in [0.5, 0.6) is 0 Å². The number of hydrogen-bond acceptors (Lipinski definition) is 3. The summed E-state index contributed by atoms with van der Waals surface area (Å²) in [6.07, 6.45) is 4.86. The predicted octanol–water partition coefficient (Wildman–Crippen LogP) is 1.64. The highest BCUT2D eigenvalue weighted by atomic mass is 35.5. The zero-order valence-electron chi connectivity index (χ0n) is 12.9. The number of amides is 1. The fraction of sp³-hybridized carbons (Fsp3) is 0.933. The third kappa shape index (κ3) is 5.23. The highest BCUT2D eigenvalue weighted by Gasteiger charge is 2.28. The van der Waals surface area contributed by atoms with E-state index in [4.69, 9.17) is 0 Å². The van der Waals surface area contributed by atoms with Crippen molar-refractivity contribution >= 4 is 18.3 Å². The van der Waals surface area contributed by atoms with Crippen molar-refractivity contribution < 1.29 is 4.79 Å².